The molecule has 2 heteroatoms. The van der Waals surface area contributed by atoms with Crippen molar-refractivity contribution in [1.29, 1.82) is 0 Å². The fraction of sp³-hybridized carbons (Fsp3) is 1.00. The van der Waals surface area contributed by atoms with Crippen molar-refractivity contribution in [2.45, 2.75) is 57.5 Å². The molecule has 2 N–H and O–H groups in total. The summed E-state index contributed by atoms with van der Waals surface area (Å²) in [5, 5.41) is 0. The first-order chi connectivity index (χ1) is 6.59. The zero-order valence-electron chi connectivity index (χ0n) is 9.63. The van der Waals surface area contributed by atoms with Crippen molar-refractivity contribution >= 4 is 0 Å². The zero-order chi connectivity index (χ0) is 10.2. The number of rotatable bonds is 2. The summed E-state index contributed by atoms with van der Waals surface area (Å²) in [6.07, 6.45) is 6.58. The van der Waals surface area contributed by atoms with Gasteiger partial charge in [0.1, 0.15) is 0 Å². The molecule has 0 amide bonds. The van der Waals surface area contributed by atoms with Gasteiger partial charge in [0.05, 0.1) is 0 Å². The maximum Gasteiger partial charge on any atom is 0.0283 e. The highest BCUT2D eigenvalue weighted by atomic mass is 15.2. The molecule has 2 aliphatic rings. The Kier molecular flexibility index (Phi) is 2.85. The Labute approximate surface area is 87.8 Å². The molecule has 2 rings (SSSR count). The van der Waals surface area contributed by atoms with Crippen LogP contribution in [0.4, 0.5) is 0 Å². The van der Waals surface area contributed by atoms with Crippen LogP contribution >= 0.6 is 0 Å². The Balaban J connectivity index is 1.88. The van der Waals surface area contributed by atoms with E-state index in [-0.39, 0.29) is 5.54 Å². The van der Waals surface area contributed by atoms with E-state index in [2.05, 4.69) is 18.7 Å². The maximum absolute atomic E-state index is 6.30. The molecule has 1 heterocycles. The third-order valence-corrected chi connectivity index (χ3v) is 4.11. The Morgan fingerprint density at radius 2 is 2.00 bits per heavy atom. The van der Waals surface area contributed by atoms with Crippen LogP contribution < -0.4 is 5.73 Å². The van der Waals surface area contributed by atoms with Crippen LogP contribution in [0, 0.1) is 5.92 Å². The molecular weight excluding hydrogens is 172 g/mol. The van der Waals surface area contributed by atoms with Crippen LogP contribution in [-0.2, 0) is 0 Å². The summed E-state index contributed by atoms with van der Waals surface area (Å²) < 4.78 is 0. The molecule has 1 saturated carbocycles. The highest BCUT2D eigenvalue weighted by Gasteiger charge is 2.36. The van der Waals surface area contributed by atoms with E-state index in [1.165, 1.54) is 38.6 Å². The van der Waals surface area contributed by atoms with Crippen molar-refractivity contribution in [3.63, 3.8) is 0 Å². The number of piperidine rings is 1. The largest absolute Gasteiger partial charge is 0.324 e. The van der Waals surface area contributed by atoms with Crippen LogP contribution in [-0.4, -0.2) is 29.6 Å². The fourth-order valence-corrected chi connectivity index (χ4v) is 2.79. The molecule has 0 spiro atoms. The van der Waals surface area contributed by atoms with Crippen LogP contribution in [0.2, 0.25) is 0 Å². The number of likely N-dealkylation sites (tertiary alicyclic amines) is 1. The summed E-state index contributed by atoms with van der Waals surface area (Å²) in [7, 11) is 0. The minimum Gasteiger partial charge on any atom is -0.324 e. The minimum absolute atomic E-state index is 0.172. The lowest BCUT2D eigenvalue weighted by atomic mass is 9.76. The van der Waals surface area contributed by atoms with E-state index in [0.717, 1.165) is 18.5 Å². The molecule has 14 heavy (non-hydrogen) atoms. The van der Waals surface area contributed by atoms with Crippen molar-refractivity contribution in [2.24, 2.45) is 11.7 Å². The van der Waals surface area contributed by atoms with Crippen molar-refractivity contribution < 1.29 is 0 Å². The van der Waals surface area contributed by atoms with Crippen LogP contribution in [0.3, 0.4) is 0 Å². The van der Waals surface area contributed by atoms with Gasteiger partial charge in [-0.3, -0.25) is 4.90 Å². The fourth-order valence-electron chi connectivity index (χ4n) is 2.79. The van der Waals surface area contributed by atoms with Crippen molar-refractivity contribution in [3.05, 3.63) is 0 Å². The Hall–Kier alpha value is -0.0800. The summed E-state index contributed by atoms with van der Waals surface area (Å²) in [6, 6.07) is 0.757. The number of hydrogen-bond acceptors (Lipinski definition) is 2. The number of nitrogens with zero attached hydrogens (tertiary/aromatic N) is 1. The topological polar surface area (TPSA) is 29.3 Å². The third kappa shape index (κ3) is 2.12. The molecule has 1 saturated heterocycles. The van der Waals surface area contributed by atoms with Crippen molar-refractivity contribution in [3.8, 4) is 0 Å². The highest BCUT2D eigenvalue weighted by Crippen LogP contribution is 2.32. The summed E-state index contributed by atoms with van der Waals surface area (Å²) >= 11 is 0. The smallest absolute Gasteiger partial charge is 0.0283 e. The molecule has 2 fully saturated rings. The maximum atomic E-state index is 6.30. The second-order valence-corrected chi connectivity index (χ2v) is 5.68. The summed E-state index contributed by atoms with van der Waals surface area (Å²) in [6.45, 7) is 7.12. The van der Waals surface area contributed by atoms with Gasteiger partial charge < -0.3 is 5.73 Å². The lowest BCUT2D eigenvalue weighted by molar-refractivity contribution is 0.0696. The monoisotopic (exact) mass is 196 g/mol. The van der Waals surface area contributed by atoms with Gasteiger partial charge in [0.2, 0.25) is 0 Å². The van der Waals surface area contributed by atoms with Gasteiger partial charge in [0.15, 0.2) is 0 Å². The SMILES string of the molecule is CC1CCC(C)N(CC2(N)CCC2)C1. The zero-order valence-corrected chi connectivity index (χ0v) is 9.63. The van der Waals surface area contributed by atoms with Crippen molar-refractivity contribution in [1.82, 2.24) is 4.90 Å². The second kappa shape index (κ2) is 3.82. The lowest BCUT2D eigenvalue weighted by Crippen LogP contribution is -2.58. The van der Waals surface area contributed by atoms with E-state index >= 15 is 0 Å². The van der Waals surface area contributed by atoms with E-state index in [0.29, 0.717) is 0 Å². The van der Waals surface area contributed by atoms with Crippen molar-refractivity contribution in [2.75, 3.05) is 13.1 Å². The lowest BCUT2D eigenvalue weighted by Gasteiger charge is -2.46. The molecule has 0 bridgehead atoms. The predicted molar refractivity (Wildman–Crippen MR) is 60.2 cm³/mol. The molecule has 0 aromatic carbocycles. The van der Waals surface area contributed by atoms with Crippen LogP contribution in [0.1, 0.15) is 46.0 Å². The molecule has 0 aromatic rings. The molecular formula is C12H24N2. The number of hydrogen-bond donors (Lipinski definition) is 1. The average molecular weight is 196 g/mol. The van der Waals surface area contributed by atoms with Gasteiger partial charge in [-0.1, -0.05) is 6.92 Å². The van der Waals surface area contributed by atoms with Gasteiger partial charge in [0.25, 0.3) is 0 Å². The average Bonchev–Trinajstić information content (AvgIpc) is 2.09. The molecule has 1 aliphatic heterocycles. The number of nitrogens with two attached hydrogens (primary N) is 1. The summed E-state index contributed by atoms with van der Waals surface area (Å²) in [4.78, 5) is 2.62. The normalized spacial score (nSPS) is 37.9. The quantitative estimate of drug-likeness (QED) is 0.732. The third-order valence-electron chi connectivity index (χ3n) is 4.11. The van der Waals surface area contributed by atoms with Gasteiger partial charge in [-0.05, 0) is 44.9 Å². The van der Waals surface area contributed by atoms with Gasteiger partial charge in [-0.25, -0.2) is 0 Å². The van der Waals surface area contributed by atoms with Crippen LogP contribution in [0.25, 0.3) is 0 Å². The molecule has 2 atom stereocenters. The first-order valence-electron chi connectivity index (χ1n) is 6.12. The van der Waals surface area contributed by atoms with Gasteiger partial charge in [0, 0.05) is 24.7 Å². The Morgan fingerprint density at radius 1 is 1.29 bits per heavy atom. The minimum atomic E-state index is 0.172. The van der Waals surface area contributed by atoms with E-state index in [4.69, 9.17) is 5.73 Å². The first kappa shape index (κ1) is 10.4. The molecule has 1 aliphatic carbocycles. The van der Waals surface area contributed by atoms with E-state index in [1.807, 2.05) is 0 Å². The first-order valence-corrected chi connectivity index (χ1v) is 6.12. The van der Waals surface area contributed by atoms with Crippen LogP contribution in [0.5, 0.6) is 0 Å². The van der Waals surface area contributed by atoms with E-state index in [9.17, 15) is 0 Å². The summed E-state index contributed by atoms with van der Waals surface area (Å²) in [5.74, 6) is 0.870. The summed E-state index contributed by atoms with van der Waals surface area (Å²) in [5.41, 5.74) is 6.47. The standard InChI is InChI=1S/C12H24N2/c1-10-4-5-11(2)14(8-10)9-12(13)6-3-7-12/h10-11H,3-9,13H2,1-2H3. The molecule has 0 radical (unpaired) electrons. The van der Waals surface area contributed by atoms with E-state index in [1.54, 1.807) is 0 Å². The second-order valence-electron chi connectivity index (χ2n) is 5.68. The van der Waals surface area contributed by atoms with E-state index < -0.39 is 0 Å². The Bertz CT molecular complexity index is 198. The van der Waals surface area contributed by atoms with Gasteiger partial charge >= 0.3 is 0 Å². The van der Waals surface area contributed by atoms with Gasteiger partial charge in [-0.15, -0.1) is 0 Å². The molecule has 0 aromatic heterocycles. The van der Waals surface area contributed by atoms with Gasteiger partial charge in [-0.2, -0.15) is 0 Å². The molecule has 2 nitrogen and oxygen atoms in total. The molecule has 2 unspecified atom stereocenters. The van der Waals surface area contributed by atoms with Crippen LogP contribution in [0.15, 0.2) is 0 Å². The predicted octanol–water partition coefficient (Wildman–Crippen LogP) is 1.99. The highest BCUT2D eigenvalue weighted by molar-refractivity contribution is 4.96. The molecule has 82 valence electrons. The Morgan fingerprint density at radius 3 is 2.57 bits per heavy atom.